The lowest BCUT2D eigenvalue weighted by Gasteiger charge is -2.36. The van der Waals surface area contributed by atoms with E-state index in [0.717, 1.165) is 19.3 Å². The van der Waals surface area contributed by atoms with E-state index in [-0.39, 0.29) is 11.6 Å². The van der Waals surface area contributed by atoms with Crippen molar-refractivity contribution in [2.24, 2.45) is 5.92 Å². The number of nitrogens with zero attached hydrogens (tertiary/aromatic N) is 1. The first-order chi connectivity index (χ1) is 7.91. The van der Waals surface area contributed by atoms with Gasteiger partial charge in [-0.05, 0) is 38.5 Å². The zero-order chi connectivity index (χ0) is 12.6. The Morgan fingerprint density at radius 1 is 1.41 bits per heavy atom. The molecule has 2 aliphatic rings. The highest BCUT2D eigenvalue weighted by Gasteiger charge is 2.42. The van der Waals surface area contributed by atoms with Gasteiger partial charge in [-0.3, -0.25) is 0 Å². The minimum absolute atomic E-state index is 0.0940. The molecule has 17 heavy (non-hydrogen) atoms. The molecule has 96 valence electrons. The van der Waals surface area contributed by atoms with E-state index in [0.29, 0.717) is 18.9 Å². The van der Waals surface area contributed by atoms with Crippen molar-refractivity contribution in [3.05, 3.63) is 0 Å². The van der Waals surface area contributed by atoms with Gasteiger partial charge in [0.15, 0.2) is 0 Å². The lowest BCUT2D eigenvalue weighted by Crippen LogP contribution is -2.55. The Hall–Kier alpha value is -1.26. The van der Waals surface area contributed by atoms with E-state index >= 15 is 0 Å². The first-order valence-corrected chi connectivity index (χ1v) is 6.23. The van der Waals surface area contributed by atoms with Crippen molar-refractivity contribution >= 4 is 12.0 Å². The van der Waals surface area contributed by atoms with Gasteiger partial charge >= 0.3 is 12.0 Å². The van der Waals surface area contributed by atoms with Gasteiger partial charge in [-0.2, -0.15) is 0 Å². The van der Waals surface area contributed by atoms with Crippen LogP contribution in [0.2, 0.25) is 0 Å². The third-order valence-corrected chi connectivity index (χ3v) is 3.82. The molecule has 2 rings (SSSR count). The lowest BCUT2D eigenvalue weighted by atomic mass is 9.93. The van der Waals surface area contributed by atoms with Gasteiger partial charge in [-0.1, -0.05) is 6.92 Å². The summed E-state index contributed by atoms with van der Waals surface area (Å²) in [6.07, 6.45) is 3.41. The SMILES string of the molecule is CC1CCN(C(=O)NC2(C)CC2)C(C(=O)O)C1. The van der Waals surface area contributed by atoms with Gasteiger partial charge in [0, 0.05) is 12.1 Å². The van der Waals surface area contributed by atoms with Crippen molar-refractivity contribution in [1.82, 2.24) is 10.2 Å². The second-order valence-electron chi connectivity index (χ2n) is 5.67. The number of aliphatic carboxylic acids is 1. The number of likely N-dealkylation sites (tertiary alicyclic amines) is 1. The van der Waals surface area contributed by atoms with Gasteiger partial charge in [-0.25, -0.2) is 9.59 Å². The summed E-state index contributed by atoms with van der Waals surface area (Å²) in [7, 11) is 0. The van der Waals surface area contributed by atoms with Gasteiger partial charge in [0.05, 0.1) is 0 Å². The molecule has 0 radical (unpaired) electrons. The number of urea groups is 1. The number of hydrogen-bond acceptors (Lipinski definition) is 2. The molecule has 0 bridgehead atoms. The van der Waals surface area contributed by atoms with Gasteiger partial charge in [0.25, 0.3) is 0 Å². The molecule has 0 spiro atoms. The predicted octanol–water partition coefficient (Wildman–Crippen LogP) is 1.43. The summed E-state index contributed by atoms with van der Waals surface area (Å²) in [5.74, 6) is -0.524. The minimum Gasteiger partial charge on any atom is -0.480 e. The van der Waals surface area contributed by atoms with Crippen LogP contribution in [0.25, 0.3) is 0 Å². The quantitative estimate of drug-likeness (QED) is 0.767. The standard InChI is InChI=1S/C12H20N2O3/c1-8-3-6-14(9(7-8)10(15)16)11(17)13-12(2)4-5-12/h8-9H,3-7H2,1-2H3,(H,13,17)(H,15,16). The number of rotatable bonds is 2. The Labute approximate surface area is 101 Å². The Kier molecular flexibility index (Phi) is 3.02. The average Bonchev–Trinajstić information content (AvgIpc) is 2.95. The summed E-state index contributed by atoms with van der Waals surface area (Å²) in [5.41, 5.74) is -0.0940. The Morgan fingerprint density at radius 3 is 2.59 bits per heavy atom. The van der Waals surface area contributed by atoms with E-state index in [1.54, 1.807) is 0 Å². The highest BCUT2D eigenvalue weighted by molar-refractivity contribution is 5.83. The molecule has 2 N–H and O–H groups in total. The van der Waals surface area contributed by atoms with E-state index < -0.39 is 12.0 Å². The molecular weight excluding hydrogens is 220 g/mol. The van der Waals surface area contributed by atoms with E-state index in [2.05, 4.69) is 5.32 Å². The predicted molar refractivity (Wildman–Crippen MR) is 62.7 cm³/mol. The van der Waals surface area contributed by atoms with Crippen LogP contribution in [0.15, 0.2) is 0 Å². The summed E-state index contributed by atoms with van der Waals surface area (Å²) < 4.78 is 0. The maximum absolute atomic E-state index is 12.0. The fourth-order valence-electron chi connectivity index (χ4n) is 2.26. The fourth-order valence-corrected chi connectivity index (χ4v) is 2.26. The molecule has 1 aliphatic heterocycles. The first-order valence-electron chi connectivity index (χ1n) is 6.23. The summed E-state index contributed by atoms with van der Waals surface area (Å²) in [5, 5.41) is 12.1. The zero-order valence-electron chi connectivity index (χ0n) is 10.4. The number of carboxylic acids is 1. The van der Waals surface area contributed by atoms with Crippen LogP contribution in [0, 0.1) is 5.92 Å². The Morgan fingerprint density at radius 2 is 2.06 bits per heavy atom. The molecule has 5 nitrogen and oxygen atoms in total. The van der Waals surface area contributed by atoms with Crippen molar-refractivity contribution in [3.8, 4) is 0 Å². The summed E-state index contributed by atoms with van der Waals surface area (Å²) in [6.45, 7) is 4.57. The normalized spacial score (nSPS) is 30.8. The van der Waals surface area contributed by atoms with Crippen molar-refractivity contribution < 1.29 is 14.7 Å². The summed E-state index contributed by atoms with van der Waals surface area (Å²) in [4.78, 5) is 24.7. The molecule has 2 unspecified atom stereocenters. The monoisotopic (exact) mass is 240 g/mol. The largest absolute Gasteiger partial charge is 0.480 e. The number of carbonyl (C=O) groups is 2. The molecule has 2 fully saturated rings. The van der Waals surface area contributed by atoms with Crippen molar-refractivity contribution in [3.63, 3.8) is 0 Å². The minimum atomic E-state index is -0.896. The maximum Gasteiger partial charge on any atom is 0.326 e. The van der Waals surface area contributed by atoms with Crippen LogP contribution in [-0.2, 0) is 4.79 Å². The number of carboxylic acid groups (broad SMARTS) is 1. The molecule has 1 saturated heterocycles. The van der Waals surface area contributed by atoms with Gasteiger partial charge in [0.1, 0.15) is 6.04 Å². The molecular formula is C12H20N2O3. The van der Waals surface area contributed by atoms with E-state index in [1.165, 1.54) is 4.90 Å². The molecule has 0 aromatic rings. The second kappa shape index (κ2) is 4.20. The van der Waals surface area contributed by atoms with Crippen LogP contribution < -0.4 is 5.32 Å². The highest BCUT2D eigenvalue weighted by Crippen LogP contribution is 2.35. The molecule has 1 aliphatic carbocycles. The van der Waals surface area contributed by atoms with Crippen molar-refractivity contribution in [2.45, 2.75) is 51.1 Å². The lowest BCUT2D eigenvalue weighted by molar-refractivity contribution is -0.143. The van der Waals surface area contributed by atoms with Crippen molar-refractivity contribution in [1.29, 1.82) is 0 Å². The van der Waals surface area contributed by atoms with Crippen LogP contribution in [0.1, 0.15) is 39.5 Å². The average molecular weight is 240 g/mol. The van der Waals surface area contributed by atoms with Gasteiger partial charge < -0.3 is 15.3 Å². The molecule has 1 heterocycles. The van der Waals surface area contributed by atoms with Crippen molar-refractivity contribution in [2.75, 3.05) is 6.54 Å². The van der Waals surface area contributed by atoms with Crippen LogP contribution in [-0.4, -0.2) is 40.1 Å². The first kappa shape index (κ1) is 12.2. The highest BCUT2D eigenvalue weighted by atomic mass is 16.4. The number of carbonyl (C=O) groups excluding carboxylic acids is 1. The third-order valence-electron chi connectivity index (χ3n) is 3.82. The number of piperidine rings is 1. The molecule has 0 aromatic heterocycles. The van der Waals surface area contributed by atoms with Crippen LogP contribution in [0.5, 0.6) is 0 Å². The molecule has 0 aromatic carbocycles. The Bertz CT molecular complexity index is 339. The van der Waals surface area contributed by atoms with Crippen LogP contribution in [0.3, 0.4) is 0 Å². The summed E-state index contributed by atoms with van der Waals surface area (Å²) in [6, 6.07) is -0.884. The van der Waals surface area contributed by atoms with E-state index in [4.69, 9.17) is 5.11 Å². The van der Waals surface area contributed by atoms with E-state index in [9.17, 15) is 9.59 Å². The maximum atomic E-state index is 12.0. The topological polar surface area (TPSA) is 69.6 Å². The Balaban J connectivity index is 2.01. The molecule has 2 atom stereocenters. The van der Waals surface area contributed by atoms with Gasteiger partial charge in [0.2, 0.25) is 0 Å². The smallest absolute Gasteiger partial charge is 0.326 e. The van der Waals surface area contributed by atoms with Crippen LogP contribution >= 0.6 is 0 Å². The molecule has 5 heteroatoms. The fraction of sp³-hybridized carbons (Fsp3) is 0.833. The second-order valence-corrected chi connectivity index (χ2v) is 5.67. The summed E-state index contributed by atoms with van der Waals surface area (Å²) >= 11 is 0. The number of nitrogens with one attached hydrogen (secondary N) is 1. The van der Waals surface area contributed by atoms with E-state index in [1.807, 2.05) is 13.8 Å². The zero-order valence-corrected chi connectivity index (χ0v) is 10.4. The third kappa shape index (κ3) is 2.70. The van der Waals surface area contributed by atoms with Crippen LogP contribution in [0.4, 0.5) is 4.79 Å². The van der Waals surface area contributed by atoms with Gasteiger partial charge in [-0.15, -0.1) is 0 Å². The number of amides is 2. The number of hydrogen-bond donors (Lipinski definition) is 2. The molecule has 1 saturated carbocycles. The molecule has 2 amide bonds.